The van der Waals surface area contributed by atoms with Crippen LogP contribution in [0.15, 0.2) is 4.63 Å². The molecule has 1 N–H and O–H groups in total. The Balaban J connectivity index is 1.35. The van der Waals surface area contributed by atoms with Crippen LogP contribution in [0.5, 0.6) is 0 Å². The summed E-state index contributed by atoms with van der Waals surface area (Å²) in [4.78, 5) is 16.7. The highest BCUT2D eigenvalue weighted by atomic mass is 32.2. The van der Waals surface area contributed by atoms with Crippen LogP contribution in [-0.2, 0) is 0 Å². The minimum Gasteiger partial charge on any atom is -0.392 e. The number of rotatable bonds is 3. The van der Waals surface area contributed by atoms with Crippen molar-refractivity contribution < 1.29 is 9.74 Å². The number of aliphatic hydroxyl groups excluding tert-OH is 1. The van der Waals surface area contributed by atoms with Crippen molar-refractivity contribution in [3.63, 3.8) is 0 Å². The van der Waals surface area contributed by atoms with Crippen LogP contribution in [0.4, 0.5) is 11.6 Å². The van der Waals surface area contributed by atoms with E-state index in [4.69, 9.17) is 14.6 Å². The summed E-state index contributed by atoms with van der Waals surface area (Å²) in [6.45, 7) is 5.76. The molecule has 0 spiro atoms. The quantitative estimate of drug-likeness (QED) is 0.796. The molecular weight excluding hydrogens is 378 g/mol. The Bertz CT molecular complexity index is 804. The molecule has 10 heteroatoms. The van der Waals surface area contributed by atoms with Gasteiger partial charge in [-0.05, 0) is 42.5 Å². The number of nitrogens with zero attached hydrogens (tertiary/aromatic N) is 7. The molecular formula is C18H27N7O2S. The number of β-amino-alcohol motifs (C(OH)–C–C–N with tert-alkyl or cyclic N) is 1. The van der Waals surface area contributed by atoms with Crippen molar-refractivity contribution in [1.82, 2.24) is 25.2 Å². The Morgan fingerprint density at radius 3 is 2.14 bits per heavy atom. The maximum Gasteiger partial charge on any atom is 0.245 e. The maximum atomic E-state index is 10.0. The molecule has 3 aliphatic rings. The minimum atomic E-state index is -0.164. The topological polar surface area (TPSA) is 94.6 Å². The van der Waals surface area contributed by atoms with E-state index in [9.17, 15) is 5.11 Å². The average Bonchev–Trinajstić information content (AvgIpc) is 3.21. The van der Waals surface area contributed by atoms with Gasteiger partial charge in [0.1, 0.15) is 0 Å². The van der Waals surface area contributed by atoms with E-state index < -0.39 is 0 Å². The summed E-state index contributed by atoms with van der Waals surface area (Å²) in [5.41, 5.74) is 0.959. The molecule has 0 unspecified atom stereocenters. The molecule has 0 aliphatic carbocycles. The summed E-state index contributed by atoms with van der Waals surface area (Å²) < 4.78 is 4.86. The highest BCUT2D eigenvalue weighted by Gasteiger charge is 2.31. The van der Waals surface area contributed by atoms with Crippen molar-refractivity contribution in [3.8, 4) is 0 Å². The van der Waals surface area contributed by atoms with Crippen molar-refractivity contribution in [2.24, 2.45) is 0 Å². The molecule has 0 aromatic carbocycles. The number of piperidine rings is 2. The second-order valence-electron chi connectivity index (χ2n) is 7.89. The molecule has 2 aromatic rings. The second-order valence-corrected chi connectivity index (χ2v) is 9.12. The molecule has 3 fully saturated rings. The lowest BCUT2D eigenvalue weighted by Gasteiger charge is -2.42. The third kappa shape index (κ3) is 3.65. The molecule has 5 heterocycles. The van der Waals surface area contributed by atoms with Gasteiger partial charge in [0.2, 0.25) is 11.3 Å². The van der Waals surface area contributed by atoms with Gasteiger partial charge in [-0.3, -0.25) is 4.90 Å². The number of likely N-dealkylation sites (tertiary alicyclic amines) is 1. The SMILES string of the molecule is O[C@H]1CCCN(C2CCN(c3nc4nonc4nc3N3CCSCC3)CC2)C1. The molecule has 9 nitrogen and oxygen atoms in total. The lowest BCUT2D eigenvalue weighted by molar-refractivity contribution is 0.0398. The predicted molar refractivity (Wildman–Crippen MR) is 109 cm³/mol. The van der Waals surface area contributed by atoms with Gasteiger partial charge in [-0.1, -0.05) is 0 Å². The van der Waals surface area contributed by atoms with Crippen molar-refractivity contribution >= 4 is 34.7 Å². The van der Waals surface area contributed by atoms with E-state index in [2.05, 4.69) is 25.0 Å². The Hall–Kier alpha value is -1.65. The van der Waals surface area contributed by atoms with Crippen LogP contribution in [0.25, 0.3) is 11.3 Å². The van der Waals surface area contributed by atoms with Crippen molar-refractivity contribution in [1.29, 1.82) is 0 Å². The van der Waals surface area contributed by atoms with Crippen LogP contribution in [-0.4, -0.2) is 93.2 Å². The lowest BCUT2D eigenvalue weighted by Crippen LogP contribution is -2.50. The van der Waals surface area contributed by atoms with Gasteiger partial charge in [-0.2, -0.15) is 11.8 Å². The van der Waals surface area contributed by atoms with Crippen LogP contribution < -0.4 is 9.80 Å². The van der Waals surface area contributed by atoms with Crippen LogP contribution in [0.3, 0.4) is 0 Å². The van der Waals surface area contributed by atoms with Crippen molar-refractivity contribution in [2.45, 2.75) is 37.8 Å². The largest absolute Gasteiger partial charge is 0.392 e. The third-order valence-corrected chi connectivity index (χ3v) is 7.04. The molecule has 5 rings (SSSR count). The molecule has 3 aliphatic heterocycles. The van der Waals surface area contributed by atoms with Crippen LogP contribution in [0.1, 0.15) is 25.7 Å². The first-order valence-corrected chi connectivity index (χ1v) is 11.4. The molecule has 0 amide bonds. The summed E-state index contributed by atoms with van der Waals surface area (Å²) in [7, 11) is 0. The van der Waals surface area contributed by atoms with Gasteiger partial charge in [0.25, 0.3) is 0 Å². The number of hydrogen-bond donors (Lipinski definition) is 1. The van der Waals surface area contributed by atoms with E-state index >= 15 is 0 Å². The number of aromatic nitrogens is 4. The number of thioether (sulfide) groups is 1. The van der Waals surface area contributed by atoms with Gasteiger partial charge in [-0.25, -0.2) is 14.6 Å². The average molecular weight is 406 g/mol. The summed E-state index contributed by atoms with van der Waals surface area (Å²) in [6.07, 6.45) is 4.04. The first-order chi connectivity index (χ1) is 13.8. The van der Waals surface area contributed by atoms with Gasteiger partial charge >= 0.3 is 0 Å². The smallest absolute Gasteiger partial charge is 0.245 e. The Kier molecular flexibility index (Phi) is 5.25. The van der Waals surface area contributed by atoms with Crippen LogP contribution in [0.2, 0.25) is 0 Å². The third-order valence-electron chi connectivity index (χ3n) is 6.10. The van der Waals surface area contributed by atoms with Gasteiger partial charge < -0.3 is 14.9 Å². The number of aliphatic hydroxyl groups is 1. The zero-order valence-corrected chi connectivity index (χ0v) is 16.9. The van der Waals surface area contributed by atoms with Crippen LogP contribution in [0, 0.1) is 0 Å². The molecule has 2 aromatic heterocycles. The molecule has 1 atom stereocenters. The summed E-state index contributed by atoms with van der Waals surface area (Å²) >= 11 is 1.98. The van der Waals surface area contributed by atoms with E-state index in [-0.39, 0.29) is 6.10 Å². The number of fused-ring (bicyclic) bond motifs is 1. The normalized spacial score (nSPS) is 25.5. The van der Waals surface area contributed by atoms with Gasteiger partial charge in [0, 0.05) is 50.3 Å². The van der Waals surface area contributed by atoms with Gasteiger partial charge in [-0.15, -0.1) is 0 Å². The second kappa shape index (κ2) is 8.00. The molecule has 0 radical (unpaired) electrons. The molecule has 0 bridgehead atoms. The van der Waals surface area contributed by atoms with E-state index in [1.807, 2.05) is 11.8 Å². The first kappa shape index (κ1) is 18.4. The fourth-order valence-corrected chi connectivity index (χ4v) is 5.48. The molecule has 152 valence electrons. The summed E-state index contributed by atoms with van der Waals surface area (Å²) in [5.74, 6) is 4.04. The van der Waals surface area contributed by atoms with Crippen LogP contribution >= 0.6 is 11.8 Å². The molecule has 3 saturated heterocycles. The Morgan fingerprint density at radius 2 is 1.50 bits per heavy atom. The standard InChI is InChI=1S/C18H27N7O2S/c26-14-2-1-5-25(12-14)13-3-6-23(7-4-13)17-18(24-8-10-28-11-9-24)20-16-15(19-17)21-27-22-16/h13-14,26H,1-12H2/t14-/m0/s1. The lowest BCUT2D eigenvalue weighted by atomic mass is 9.99. The molecule has 0 saturated carbocycles. The predicted octanol–water partition coefficient (Wildman–Crippen LogP) is 0.991. The Morgan fingerprint density at radius 1 is 0.857 bits per heavy atom. The minimum absolute atomic E-state index is 0.164. The Labute approximate surface area is 168 Å². The van der Waals surface area contributed by atoms with E-state index in [0.29, 0.717) is 17.3 Å². The highest BCUT2D eigenvalue weighted by molar-refractivity contribution is 7.99. The fraction of sp³-hybridized carbons (Fsp3) is 0.778. The van der Waals surface area contributed by atoms with Gasteiger partial charge in [0.15, 0.2) is 11.6 Å². The number of hydrogen-bond acceptors (Lipinski definition) is 10. The maximum absolute atomic E-state index is 10.0. The molecule has 28 heavy (non-hydrogen) atoms. The fourth-order valence-electron chi connectivity index (χ4n) is 4.58. The summed E-state index contributed by atoms with van der Waals surface area (Å²) in [5, 5.41) is 17.8. The highest BCUT2D eigenvalue weighted by Crippen LogP contribution is 2.32. The van der Waals surface area contributed by atoms with E-state index in [1.165, 1.54) is 0 Å². The number of anilines is 2. The van der Waals surface area contributed by atoms with E-state index in [0.717, 1.165) is 88.1 Å². The first-order valence-electron chi connectivity index (χ1n) is 10.3. The van der Waals surface area contributed by atoms with Crippen molar-refractivity contribution in [2.75, 3.05) is 60.6 Å². The summed E-state index contributed by atoms with van der Waals surface area (Å²) in [6, 6.07) is 0.548. The zero-order valence-electron chi connectivity index (χ0n) is 16.0. The monoisotopic (exact) mass is 405 g/mol. The zero-order chi connectivity index (χ0) is 18.9. The van der Waals surface area contributed by atoms with E-state index in [1.54, 1.807) is 0 Å². The van der Waals surface area contributed by atoms with Gasteiger partial charge in [0.05, 0.1) is 6.10 Å². The van der Waals surface area contributed by atoms with Crippen molar-refractivity contribution in [3.05, 3.63) is 0 Å².